The lowest BCUT2D eigenvalue weighted by Gasteiger charge is -2.17. The van der Waals surface area contributed by atoms with Crippen LogP contribution >= 0.6 is 23.2 Å². The predicted molar refractivity (Wildman–Crippen MR) is 109 cm³/mol. The number of aromatic nitrogens is 3. The van der Waals surface area contributed by atoms with Crippen molar-refractivity contribution in [3.63, 3.8) is 0 Å². The molecule has 0 aliphatic heterocycles. The number of nitrogens with zero attached hydrogens (tertiary/aromatic N) is 4. The number of carbonyl (C=O) groups is 1. The van der Waals surface area contributed by atoms with Crippen LogP contribution in [0.1, 0.15) is 0 Å². The van der Waals surface area contributed by atoms with Gasteiger partial charge in [0, 0.05) is 16.6 Å². The third kappa shape index (κ3) is 5.69. The van der Waals surface area contributed by atoms with E-state index in [0.29, 0.717) is 34.6 Å². The van der Waals surface area contributed by atoms with Gasteiger partial charge in [0.1, 0.15) is 25.0 Å². The molecule has 0 spiro atoms. The molecule has 0 saturated carbocycles. The minimum atomic E-state index is -0.169. The van der Waals surface area contributed by atoms with Gasteiger partial charge in [-0.25, -0.2) is 9.67 Å². The first-order valence-electron chi connectivity index (χ1n) is 8.52. The van der Waals surface area contributed by atoms with E-state index in [1.54, 1.807) is 53.5 Å². The van der Waals surface area contributed by atoms with E-state index in [2.05, 4.69) is 15.4 Å². The van der Waals surface area contributed by atoms with Crippen molar-refractivity contribution in [1.82, 2.24) is 19.7 Å². The lowest BCUT2D eigenvalue weighted by atomic mass is 10.2. The summed E-state index contributed by atoms with van der Waals surface area (Å²) in [4.78, 5) is 18.2. The number of hydrogen-bond donors (Lipinski definition) is 1. The lowest BCUT2D eigenvalue weighted by Crippen LogP contribution is -2.33. The highest BCUT2D eigenvalue weighted by Crippen LogP contribution is 2.24. The van der Waals surface area contributed by atoms with Gasteiger partial charge in [-0.05, 0) is 49.5 Å². The molecule has 146 valence electrons. The number of ether oxygens (including phenoxy) is 1. The second kappa shape index (κ2) is 9.54. The van der Waals surface area contributed by atoms with Gasteiger partial charge >= 0.3 is 0 Å². The second-order valence-corrected chi connectivity index (χ2v) is 6.96. The smallest absolute Gasteiger partial charge is 0.238 e. The molecule has 0 fully saturated rings. The van der Waals surface area contributed by atoms with Crippen molar-refractivity contribution in [2.75, 3.05) is 32.1 Å². The fourth-order valence-electron chi connectivity index (χ4n) is 2.50. The number of likely N-dealkylation sites (N-methyl/N-ethyl adjacent to an activating group) is 1. The molecule has 1 amide bonds. The molecule has 0 aliphatic carbocycles. The molecule has 9 heteroatoms. The summed E-state index contributed by atoms with van der Waals surface area (Å²) >= 11 is 11.9. The normalized spacial score (nSPS) is 10.9. The molecule has 0 atom stereocenters. The van der Waals surface area contributed by atoms with E-state index in [1.807, 2.05) is 11.9 Å². The molecule has 0 bridgehead atoms. The monoisotopic (exact) mass is 419 g/mol. The average Bonchev–Trinajstić information content (AvgIpc) is 3.18. The zero-order chi connectivity index (χ0) is 19.9. The van der Waals surface area contributed by atoms with E-state index < -0.39 is 0 Å². The van der Waals surface area contributed by atoms with Crippen LogP contribution in [-0.4, -0.2) is 52.3 Å². The van der Waals surface area contributed by atoms with E-state index in [4.69, 9.17) is 27.9 Å². The molecule has 2 aromatic carbocycles. The Morgan fingerprint density at radius 3 is 2.64 bits per heavy atom. The van der Waals surface area contributed by atoms with Crippen LogP contribution in [0, 0.1) is 0 Å². The van der Waals surface area contributed by atoms with Gasteiger partial charge in [-0.2, -0.15) is 5.10 Å². The van der Waals surface area contributed by atoms with Gasteiger partial charge in [0.05, 0.1) is 17.9 Å². The fourth-order valence-corrected chi connectivity index (χ4v) is 2.80. The number of benzene rings is 2. The average molecular weight is 420 g/mol. The number of carbonyl (C=O) groups excluding carboxylic acids is 1. The largest absolute Gasteiger partial charge is 0.492 e. The maximum absolute atomic E-state index is 12.4. The van der Waals surface area contributed by atoms with Crippen molar-refractivity contribution < 1.29 is 9.53 Å². The number of nitrogens with one attached hydrogen (secondary N) is 1. The molecule has 0 unspecified atom stereocenters. The van der Waals surface area contributed by atoms with E-state index in [1.165, 1.54) is 6.33 Å². The Balaban J connectivity index is 1.52. The van der Waals surface area contributed by atoms with Crippen LogP contribution in [0.25, 0.3) is 5.69 Å². The Bertz CT molecular complexity index is 917. The summed E-state index contributed by atoms with van der Waals surface area (Å²) in [7, 11) is 1.85. The predicted octanol–water partition coefficient (Wildman–Crippen LogP) is 3.52. The van der Waals surface area contributed by atoms with E-state index in [-0.39, 0.29) is 12.5 Å². The molecule has 1 N–H and O–H groups in total. The summed E-state index contributed by atoms with van der Waals surface area (Å²) in [6, 6.07) is 12.3. The molecule has 1 heterocycles. The summed E-state index contributed by atoms with van der Waals surface area (Å²) in [5, 5.41) is 8.15. The number of amides is 1. The fraction of sp³-hybridized carbons (Fsp3) is 0.211. The van der Waals surface area contributed by atoms with Crippen molar-refractivity contribution in [3.05, 3.63) is 65.2 Å². The molecular weight excluding hydrogens is 401 g/mol. The zero-order valence-electron chi connectivity index (χ0n) is 15.2. The van der Waals surface area contributed by atoms with Crippen molar-refractivity contribution in [2.45, 2.75) is 0 Å². The van der Waals surface area contributed by atoms with Crippen LogP contribution in [-0.2, 0) is 4.79 Å². The minimum absolute atomic E-state index is 0.169. The number of halogens is 2. The Kier molecular flexibility index (Phi) is 6.86. The SMILES string of the molecule is CN(CCOc1ccc(Cl)cc1)CC(=O)Nc1cc(Cl)ccc1-n1cncn1. The number of rotatable bonds is 8. The molecule has 0 saturated heterocycles. The highest BCUT2D eigenvalue weighted by molar-refractivity contribution is 6.31. The number of anilines is 1. The third-order valence-electron chi connectivity index (χ3n) is 3.87. The van der Waals surface area contributed by atoms with Crippen LogP contribution < -0.4 is 10.1 Å². The summed E-state index contributed by atoms with van der Waals surface area (Å²) in [5.74, 6) is 0.566. The maximum atomic E-state index is 12.4. The zero-order valence-corrected chi connectivity index (χ0v) is 16.7. The summed E-state index contributed by atoms with van der Waals surface area (Å²) in [5.41, 5.74) is 1.25. The Labute approximate surface area is 172 Å². The van der Waals surface area contributed by atoms with Crippen LogP contribution in [0.2, 0.25) is 10.0 Å². The second-order valence-electron chi connectivity index (χ2n) is 6.09. The Hall–Kier alpha value is -2.61. The first kappa shape index (κ1) is 20.1. The van der Waals surface area contributed by atoms with E-state index in [0.717, 1.165) is 5.75 Å². The van der Waals surface area contributed by atoms with Gasteiger partial charge in [-0.3, -0.25) is 9.69 Å². The molecule has 0 aliphatic rings. The summed E-state index contributed by atoms with van der Waals surface area (Å²) in [6.45, 7) is 1.24. The lowest BCUT2D eigenvalue weighted by molar-refractivity contribution is -0.117. The van der Waals surface area contributed by atoms with Gasteiger partial charge in [0.15, 0.2) is 0 Å². The van der Waals surface area contributed by atoms with E-state index >= 15 is 0 Å². The summed E-state index contributed by atoms with van der Waals surface area (Å²) < 4.78 is 7.21. The van der Waals surface area contributed by atoms with Crippen molar-refractivity contribution in [3.8, 4) is 11.4 Å². The molecular formula is C19H19Cl2N5O2. The van der Waals surface area contributed by atoms with Gasteiger partial charge in [-0.1, -0.05) is 23.2 Å². The van der Waals surface area contributed by atoms with Crippen LogP contribution in [0.3, 0.4) is 0 Å². The van der Waals surface area contributed by atoms with Crippen molar-refractivity contribution in [2.24, 2.45) is 0 Å². The Morgan fingerprint density at radius 2 is 1.93 bits per heavy atom. The maximum Gasteiger partial charge on any atom is 0.238 e. The molecule has 0 radical (unpaired) electrons. The van der Waals surface area contributed by atoms with Crippen molar-refractivity contribution in [1.29, 1.82) is 0 Å². The van der Waals surface area contributed by atoms with Gasteiger partial charge in [-0.15, -0.1) is 0 Å². The van der Waals surface area contributed by atoms with Gasteiger partial charge in [0.25, 0.3) is 0 Å². The molecule has 7 nitrogen and oxygen atoms in total. The molecule has 28 heavy (non-hydrogen) atoms. The van der Waals surface area contributed by atoms with Crippen molar-refractivity contribution >= 4 is 34.8 Å². The molecule has 3 rings (SSSR count). The van der Waals surface area contributed by atoms with Crippen LogP contribution in [0.5, 0.6) is 5.75 Å². The number of hydrogen-bond acceptors (Lipinski definition) is 5. The highest BCUT2D eigenvalue weighted by Gasteiger charge is 2.12. The highest BCUT2D eigenvalue weighted by atomic mass is 35.5. The van der Waals surface area contributed by atoms with E-state index in [9.17, 15) is 4.79 Å². The Morgan fingerprint density at radius 1 is 1.18 bits per heavy atom. The first-order valence-corrected chi connectivity index (χ1v) is 9.28. The molecule has 3 aromatic rings. The standard InChI is InChI=1S/C19H19Cl2N5O2/c1-25(8-9-28-16-5-2-14(20)3-6-16)11-19(27)24-17-10-15(21)4-7-18(17)26-13-22-12-23-26/h2-7,10,12-13H,8-9,11H2,1H3,(H,24,27). The topological polar surface area (TPSA) is 72.3 Å². The molecule has 1 aromatic heterocycles. The quantitative estimate of drug-likeness (QED) is 0.604. The van der Waals surface area contributed by atoms with Gasteiger partial charge in [0.2, 0.25) is 5.91 Å². The van der Waals surface area contributed by atoms with Crippen LogP contribution in [0.15, 0.2) is 55.1 Å². The minimum Gasteiger partial charge on any atom is -0.492 e. The third-order valence-corrected chi connectivity index (χ3v) is 4.35. The van der Waals surface area contributed by atoms with Gasteiger partial charge < -0.3 is 10.1 Å². The summed E-state index contributed by atoms with van der Waals surface area (Å²) in [6.07, 6.45) is 2.98. The first-order chi connectivity index (χ1) is 13.5. The van der Waals surface area contributed by atoms with Crippen LogP contribution in [0.4, 0.5) is 5.69 Å².